The number of anilines is 5. The predicted octanol–water partition coefficient (Wildman–Crippen LogP) is 16.8. The molecule has 2 aliphatic rings. The first-order valence-corrected chi connectivity index (χ1v) is 43.9. The van der Waals surface area contributed by atoms with E-state index in [1.165, 1.54) is 60.8 Å². The van der Waals surface area contributed by atoms with Crippen molar-refractivity contribution in [1.82, 2.24) is 54.5 Å². The zero-order valence-corrected chi connectivity index (χ0v) is 72.5. The number of aryl methyl sites for hydroxylation is 1. The van der Waals surface area contributed by atoms with Crippen LogP contribution in [-0.2, 0) is 24.8 Å². The molecule has 32 heteroatoms. The summed E-state index contributed by atoms with van der Waals surface area (Å²) in [6.07, 6.45) is 10.8. The number of benzene rings is 6. The van der Waals surface area contributed by atoms with Gasteiger partial charge >= 0.3 is 0 Å². The second-order valence-corrected chi connectivity index (χ2v) is 33.9. The largest absolute Gasteiger partial charge is 0.354 e. The van der Waals surface area contributed by atoms with Gasteiger partial charge < -0.3 is 41.3 Å². The molecule has 14 rings (SSSR count). The molecule has 0 aliphatic carbocycles. The van der Waals surface area contributed by atoms with Gasteiger partial charge in [0.2, 0.25) is 26.0 Å². The summed E-state index contributed by atoms with van der Waals surface area (Å²) in [7, 11) is -5.16. The van der Waals surface area contributed by atoms with Gasteiger partial charge in [-0.25, -0.2) is 31.3 Å². The lowest BCUT2D eigenvalue weighted by atomic mass is 10.1. The Labute approximate surface area is 734 Å². The van der Waals surface area contributed by atoms with E-state index < -0.39 is 20.0 Å². The molecule has 2 aliphatic heterocycles. The van der Waals surface area contributed by atoms with Gasteiger partial charge in [-0.2, -0.15) is 0 Å². The zero-order chi connectivity index (χ0) is 87.6. The lowest BCUT2D eigenvalue weighted by Gasteiger charge is -2.33. The van der Waals surface area contributed by atoms with Crippen molar-refractivity contribution in [3.05, 3.63) is 303 Å². The Morgan fingerprint density at radius 1 is 0.455 bits per heavy atom. The lowest BCUT2D eigenvalue weighted by molar-refractivity contribution is -0.127. The molecule has 7 N–H and O–H groups in total. The average Bonchev–Trinajstić information content (AvgIpc) is 0.907. The van der Waals surface area contributed by atoms with Crippen molar-refractivity contribution >= 4 is 130 Å². The molecule has 8 heterocycles. The molecule has 0 unspecified atom stereocenters. The van der Waals surface area contributed by atoms with E-state index in [1.807, 2.05) is 113 Å². The van der Waals surface area contributed by atoms with Gasteiger partial charge in [0, 0.05) is 152 Å². The number of rotatable bonds is 26. The minimum Gasteiger partial charge on any atom is -0.354 e. The zero-order valence-electron chi connectivity index (χ0n) is 67.9. The van der Waals surface area contributed by atoms with Crippen LogP contribution in [0.5, 0.6) is 0 Å². The predicted molar refractivity (Wildman–Crippen MR) is 485 cm³/mol. The van der Waals surface area contributed by atoms with Crippen LogP contribution in [-0.4, -0.2) is 158 Å². The molecule has 123 heavy (non-hydrogen) atoms. The molecule has 6 aromatic carbocycles. The first kappa shape index (κ1) is 91.5. The first-order chi connectivity index (χ1) is 59.2. The standard InChI is InChI=1S/C25H25ClN4O4S.C23H24ClN5O.C22H21ClN4O2.C21H20ClN3O3S/c26-22-12-9-19(17-21(22)23-5-1-2-13-27-23)29-25(32)18-7-10-20(11-8-18)35(33,34)28-14-4-16-30-15-3-6-24(30)31;1-16-18(7-9-22(26-16)29-13-11-28(2)12-14-29)23(30)27-17-6-8-20(24)19(15-17)21-5-3-4-10-25-21;1-14(2)12-26-22(29)20-9-6-15(13-25-20)21(28)27-16-7-8-18(23)17(11-16)19-5-3-4-10-24-19;1-2-12-24-29(27,28)17-9-6-15(7-10-17)21(26)25-16-8-11-19(22)18(14-16)20-5-3-4-13-23-20/h1-2,5,7-13,17,28H,3-4,6,14-16H2,(H,29,32);3-10,15H,11-14H2,1-2H3,(H,27,30);3-11,13-14H,12H2,1-2H3,(H,26,29)(H,27,28);3-11,13-14,24H,2,12H2,1H3,(H,25,26). The number of pyridine rings is 6. The Morgan fingerprint density at radius 3 is 1.23 bits per heavy atom. The Balaban J connectivity index is 0.000000160. The number of likely N-dealkylation sites (N-methyl/N-ethyl adjacent to an activating group) is 1. The van der Waals surface area contributed by atoms with E-state index in [0.29, 0.717) is 144 Å². The summed E-state index contributed by atoms with van der Waals surface area (Å²) in [6, 6.07) is 61.3. The Morgan fingerprint density at radius 2 is 0.862 bits per heavy atom. The van der Waals surface area contributed by atoms with Gasteiger partial charge in [0.15, 0.2) is 0 Å². The molecule has 12 aromatic rings. The van der Waals surface area contributed by atoms with Crippen molar-refractivity contribution in [3.63, 3.8) is 0 Å². The van der Waals surface area contributed by atoms with E-state index in [-0.39, 0.29) is 57.5 Å². The third-order valence-electron chi connectivity index (χ3n) is 19.2. The molecule has 0 atom stereocenters. The second-order valence-electron chi connectivity index (χ2n) is 28.8. The molecule has 0 spiro atoms. The molecule has 0 radical (unpaired) electrons. The highest BCUT2D eigenvalue weighted by Gasteiger charge is 2.24. The minimum absolute atomic E-state index is 0.0650. The van der Waals surface area contributed by atoms with Crippen molar-refractivity contribution in [2.45, 2.75) is 63.2 Å². The monoisotopic (exact) mass is 1770 g/mol. The van der Waals surface area contributed by atoms with Crippen LogP contribution >= 0.6 is 46.4 Å². The quantitative estimate of drug-likeness (QED) is 0.0248. The van der Waals surface area contributed by atoms with Gasteiger partial charge in [-0.3, -0.25) is 53.7 Å². The number of nitrogens with one attached hydrogen (secondary N) is 7. The van der Waals surface area contributed by atoms with Crippen LogP contribution in [0.1, 0.15) is 104 Å². The molecular weight excluding hydrogens is 1680 g/mol. The number of hydrogen-bond acceptors (Lipinski definition) is 18. The molecule has 0 saturated carbocycles. The molecule has 2 fully saturated rings. The normalized spacial score (nSPS) is 12.6. The number of carbonyl (C=O) groups excluding carboxylic acids is 6. The molecule has 634 valence electrons. The fraction of sp³-hybridized carbons (Fsp3) is 0.209. The Hall–Kier alpha value is -12.2. The van der Waals surface area contributed by atoms with E-state index in [2.05, 4.69) is 82.8 Å². The van der Waals surface area contributed by atoms with Crippen LogP contribution in [0.25, 0.3) is 45.0 Å². The van der Waals surface area contributed by atoms with E-state index >= 15 is 0 Å². The Kier molecular flexibility index (Phi) is 32.8. The maximum Gasteiger partial charge on any atom is 0.269 e. The fourth-order valence-corrected chi connectivity index (χ4v) is 15.6. The second kappa shape index (κ2) is 44.0. The maximum absolute atomic E-state index is 12.9. The van der Waals surface area contributed by atoms with Crippen molar-refractivity contribution < 1.29 is 45.6 Å². The smallest absolute Gasteiger partial charge is 0.269 e. The molecule has 2 saturated heterocycles. The molecule has 26 nitrogen and oxygen atoms in total. The van der Waals surface area contributed by atoms with Crippen molar-refractivity contribution in [2.75, 3.05) is 92.1 Å². The van der Waals surface area contributed by atoms with Gasteiger partial charge in [-0.05, 0) is 233 Å². The number of nitrogens with zero attached hydrogens (tertiary/aromatic N) is 9. The number of hydrogen-bond donors (Lipinski definition) is 7. The topological polar surface area (TPSA) is 342 Å². The summed E-state index contributed by atoms with van der Waals surface area (Å²) in [5.74, 6) is -0.145. The summed E-state index contributed by atoms with van der Waals surface area (Å²) in [4.78, 5) is 107. The van der Waals surface area contributed by atoms with Crippen molar-refractivity contribution in [1.29, 1.82) is 0 Å². The highest BCUT2D eigenvalue weighted by atomic mass is 35.5. The third-order valence-corrected chi connectivity index (χ3v) is 23.5. The fourth-order valence-electron chi connectivity index (χ4n) is 12.5. The molecule has 6 aromatic heterocycles. The highest BCUT2D eigenvalue weighted by molar-refractivity contribution is 7.89. The van der Waals surface area contributed by atoms with Gasteiger partial charge in [0.05, 0.1) is 69.5 Å². The number of likely N-dealkylation sites (tertiary alicyclic amines) is 1. The summed E-state index contributed by atoms with van der Waals surface area (Å²) in [6.45, 7) is 14.1. The number of sulfonamides is 2. The maximum atomic E-state index is 12.9. The summed E-state index contributed by atoms with van der Waals surface area (Å²) < 4.78 is 54.4. The minimum atomic E-state index is -3.72. The molecular formula is C91H90Cl4N16O10S2. The van der Waals surface area contributed by atoms with Gasteiger partial charge in [-0.15, -0.1) is 0 Å². The van der Waals surface area contributed by atoms with Gasteiger partial charge in [0.25, 0.3) is 29.5 Å². The van der Waals surface area contributed by atoms with E-state index in [1.54, 1.807) is 109 Å². The van der Waals surface area contributed by atoms with Gasteiger partial charge in [-0.1, -0.05) is 91.4 Å². The summed E-state index contributed by atoms with van der Waals surface area (Å²) in [5, 5.41) is 16.3. The first-order valence-electron chi connectivity index (χ1n) is 39.4. The molecule has 0 bridgehead atoms. The summed E-state index contributed by atoms with van der Waals surface area (Å²) in [5.41, 5.74) is 10.6. The van der Waals surface area contributed by atoms with Crippen LogP contribution in [0, 0.1) is 12.8 Å². The number of halogens is 4. The van der Waals surface area contributed by atoms with Crippen molar-refractivity contribution in [3.8, 4) is 45.0 Å². The summed E-state index contributed by atoms with van der Waals surface area (Å²) >= 11 is 25.2. The van der Waals surface area contributed by atoms with E-state index in [4.69, 9.17) is 46.4 Å². The highest BCUT2D eigenvalue weighted by Crippen LogP contribution is 2.34. The van der Waals surface area contributed by atoms with Crippen LogP contribution < -0.4 is 40.9 Å². The van der Waals surface area contributed by atoms with Crippen LogP contribution in [0.3, 0.4) is 0 Å². The van der Waals surface area contributed by atoms with Crippen molar-refractivity contribution in [2.24, 2.45) is 5.92 Å². The lowest BCUT2D eigenvalue weighted by Crippen LogP contribution is -2.44. The average molecular weight is 1770 g/mol. The van der Waals surface area contributed by atoms with E-state index in [9.17, 15) is 45.6 Å². The number of carbonyl (C=O) groups is 6. The van der Waals surface area contributed by atoms with Crippen LogP contribution in [0.2, 0.25) is 20.1 Å². The van der Waals surface area contributed by atoms with Gasteiger partial charge in [0.1, 0.15) is 11.5 Å². The number of amides is 6. The number of aromatic nitrogens is 6. The third kappa shape index (κ3) is 26.2. The Bertz CT molecular complexity index is 5920. The van der Waals surface area contributed by atoms with Crippen LogP contribution in [0.4, 0.5) is 28.6 Å². The number of piperazine rings is 1. The SMILES string of the molecule is CC(C)CNC(=O)c1ccc(C(=O)Nc2ccc(Cl)c(-c3ccccn3)c2)cn1.CCCNS(=O)(=O)c1ccc(C(=O)Nc2ccc(Cl)c(-c3ccccn3)c2)cc1.Cc1nc(N2CCN(C)CC2)ccc1C(=O)Nc1ccc(Cl)c(-c2ccccn2)c1.O=C(Nc1ccc(Cl)c(-c2ccccn2)c1)c1ccc(S(=O)(=O)NCCCN2CCCC2=O)cc1. The molecule has 6 amide bonds. The van der Waals surface area contributed by atoms with Crippen LogP contribution in [0.15, 0.2) is 259 Å². The van der Waals surface area contributed by atoms with E-state index in [0.717, 1.165) is 61.8 Å².